The number of unbranched alkanes of at least 4 members (excludes halogenated alkanes) is 4. The first-order valence-electron chi connectivity index (χ1n) is 8.36. The van der Waals surface area contributed by atoms with E-state index in [-0.39, 0.29) is 12.5 Å². The minimum Gasteiger partial charge on any atom is -0.494 e. The molecule has 0 aliphatic carbocycles. The Labute approximate surface area is 137 Å². The predicted molar refractivity (Wildman–Crippen MR) is 89.0 cm³/mol. The van der Waals surface area contributed by atoms with E-state index in [9.17, 15) is 4.79 Å². The summed E-state index contributed by atoms with van der Waals surface area (Å²) in [6.07, 6.45) is 6.27. The molecule has 0 fully saturated rings. The highest BCUT2D eigenvalue weighted by molar-refractivity contribution is 6.01. The number of hydrogen-bond donors (Lipinski definition) is 1. The Morgan fingerprint density at radius 3 is 2.70 bits per heavy atom. The van der Waals surface area contributed by atoms with Crippen LogP contribution in [0.3, 0.4) is 0 Å². The highest BCUT2D eigenvalue weighted by atomic mass is 16.6. The molecule has 1 N–H and O–H groups in total. The molecule has 1 heterocycles. The molecule has 0 spiro atoms. The summed E-state index contributed by atoms with van der Waals surface area (Å²) >= 11 is 0. The number of nitrogens with zero attached hydrogens (tertiary/aromatic N) is 1. The maximum atomic E-state index is 10.7. The topological polar surface area (TPSA) is 68.1 Å². The summed E-state index contributed by atoms with van der Waals surface area (Å²) in [6, 6.07) is 7.73. The van der Waals surface area contributed by atoms with Gasteiger partial charge in [-0.3, -0.25) is 4.79 Å². The van der Waals surface area contributed by atoms with Crippen molar-refractivity contribution in [1.29, 1.82) is 0 Å². The fourth-order valence-electron chi connectivity index (χ4n) is 2.54. The van der Waals surface area contributed by atoms with Gasteiger partial charge in [-0.25, -0.2) is 0 Å². The van der Waals surface area contributed by atoms with Crippen molar-refractivity contribution in [2.45, 2.75) is 58.0 Å². The number of rotatable bonds is 10. The molecule has 5 heteroatoms. The van der Waals surface area contributed by atoms with Gasteiger partial charge in [-0.15, -0.1) is 0 Å². The third kappa shape index (κ3) is 5.93. The number of carbonyl (C=O) groups is 1. The number of aliphatic carboxylic acids is 1. The minimum atomic E-state index is -0.867. The lowest BCUT2D eigenvalue weighted by Gasteiger charge is -2.07. The number of carboxylic acids is 1. The average Bonchev–Trinajstić information content (AvgIpc) is 2.99. The van der Waals surface area contributed by atoms with Gasteiger partial charge in [-0.05, 0) is 36.2 Å². The lowest BCUT2D eigenvalue weighted by atomic mass is 10.0. The number of hydrogen-bond acceptors (Lipinski definition) is 4. The van der Waals surface area contributed by atoms with Crippen LogP contribution in [0.15, 0.2) is 29.4 Å². The van der Waals surface area contributed by atoms with Crippen LogP contribution >= 0.6 is 0 Å². The standard InChI is InChI=1S/C18H25NO4/c1-2-3-4-5-6-11-22-15-9-7-14(8-10-15)17-12-16(23-19-17)13-18(20)21/h7-10,16H,2-6,11-13H2,1H3,(H,20,21). The van der Waals surface area contributed by atoms with Crippen LogP contribution in [0.1, 0.15) is 57.4 Å². The largest absolute Gasteiger partial charge is 0.494 e. The van der Waals surface area contributed by atoms with Crippen molar-refractivity contribution in [3.63, 3.8) is 0 Å². The van der Waals surface area contributed by atoms with Crippen LogP contribution in [-0.4, -0.2) is 29.5 Å². The van der Waals surface area contributed by atoms with Crippen molar-refractivity contribution in [2.24, 2.45) is 5.16 Å². The molecule has 0 bridgehead atoms. The van der Waals surface area contributed by atoms with Crippen molar-refractivity contribution >= 4 is 11.7 Å². The van der Waals surface area contributed by atoms with Gasteiger partial charge in [0.05, 0.1) is 18.7 Å². The third-order valence-electron chi connectivity index (χ3n) is 3.84. The van der Waals surface area contributed by atoms with Crippen molar-refractivity contribution in [1.82, 2.24) is 0 Å². The number of ether oxygens (including phenoxy) is 1. The van der Waals surface area contributed by atoms with Gasteiger partial charge >= 0.3 is 5.97 Å². The van der Waals surface area contributed by atoms with Crippen LogP contribution in [0.5, 0.6) is 5.75 Å². The first-order chi connectivity index (χ1) is 11.2. The van der Waals surface area contributed by atoms with Crippen LogP contribution in [0.25, 0.3) is 0 Å². The van der Waals surface area contributed by atoms with Gasteiger partial charge in [-0.1, -0.05) is 37.8 Å². The Morgan fingerprint density at radius 2 is 2.00 bits per heavy atom. The summed E-state index contributed by atoms with van der Waals surface area (Å²) < 4.78 is 5.73. The van der Waals surface area contributed by atoms with Crippen molar-refractivity contribution in [3.05, 3.63) is 29.8 Å². The minimum absolute atomic E-state index is 0.0216. The molecule has 1 aliphatic heterocycles. The maximum absolute atomic E-state index is 10.7. The van der Waals surface area contributed by atoms with E-state index in [0.29, 0.717) is 6.42 Å². The maximum Gasteiger partial charge on any atom is 0.307 e. The Balaban J connectivity index is 1.73. The van der Waals surface area contributed by atoms with E-state index in [1.807, 2.05) is 24.3 Å². The molecule has 0 amide bonds. The van der Waals surface area contributed by atoms with E-state index in [1.54, 1.807) is 0 Å². The smallest absolute Gasteiger partial charge is 0.307 e. The molecule has 0 saturated carbocycles. The molecule has 1 aromatic rings. The van der Waals surface area contributed by atoms with Gasteiger partial charge in [0, 0.05) is 6.42 Å². The van der Waals surface area contributed by atoms with Crippen LogP contribution in [-0.2, 0) is 9.63 Å². The molecule has 0 saturated heterocycles. The molecule has 1 atom stereocenters. The summed E-state index contributed by atoms with van der Waals surface area (Å²) in [5.74, 6) is -0.0139. The molecular formula is C18H25NO4. The molecule has 23 heavy (non-hydrogen) atoms. The van der Waals surface area contributed by atoms with Crippen LogP contribution in [0.4, 0.5) is 0 Å². The van der Waals surface area contributed by atoms with Crippen molar-refractivity contribution in [3.8, 4) is 5.75 Å². The summed E-state index contributed by atoms with van der Waals surface area (Å²) in [7, 11) is 0. The predicted octanol–water partition coefficient (Wildman–Crippen LogP) is 4.00. The monoisotopic (exact) mass is 319 g/mol. The summed E-state index contributed by atoms with van der Waals surface area (Å²) in [4.78, 5) is 15.8. The fourth-order valence-corrected chi connectivity index (χ4v) is 2.54. The molecule has 2 rings (SSSR count). The lowest BCUT2D eigenvalue weighted by Crippen LogP contribution is -2.13. The van der Waals surface area contributed by atoms with Crippen LogP contribution in [0, 0.1) is 0 Å². The Kier molecular flexibility index (Phi) is 6.91. The Morgan fingerprint density at radius 1 is 1.26 bits per heavy atom. The van der Waals surface area contributed by atoms with Gasteiger partial charge in [-0.2, -0.15) is 0 Å². The van der Waals surface area contributed by atoms with E-state index >= 15 is 0 Å². The zero-order valence-electron chi connectivity index (χ0n) is 13.7. The molecular weight excluding hydrogens is 294 g/mol. The summed E-state index contributed by atoms with van der Waals surface area (Å²) in [5, 5.41) is 12.8. The fraction of sp³-hybridized carbons (Fsp3) is 0.556. The first kappa shape index (κ1) is 17.3. The highest BCUT2D eigenvalue weighted by Gasteiger charge is 2.24. The second-order valence-corrected chi connectivity index (χ2v) is 5.85. The third-order valence-corrected chi connectivity index (χ3v) is 3.84. The van der Waals surface area contributed by atoms with Crippen LogP contribution < -0.4 is 4.74 Å². The van der Waals surface area contributed by atoms with Gasteiger partial charge in [0.2, 0.25) is 0 Å². The lowest BCUT2D eigenvalue weighted by molar-refractivity contribution is -0.139. The average molecular weight is 319 g/mol. The quantitative estimate of drug-likeness (QED) is 0.662. The van der Waals surface area contributed by atoms with Crippen molar-refractivity contribution in [2.75, 3.05) is 6.61 Å². The molecule has 126 valence electrons. The van der Waals surface area contributed by atoms with Crippen molar-refractivity contribution < 1.29 is 19.5 Å². The van der Waals surface area contributed by atoms with E-state index in [2.05, 4.69) is 12.1 Å². The molecule has 1 unspecified atom stereocenters. The molecule has 1 aromatic carbocycles. The summed E-state index contributed by atoms with van der Waals surface area (Å²) in [6.45, 7) is 2.95. The van der Waals surface area contributed by atoms with E-state index in [0.717, 1.165) is 30.1 Å². The van der Waals surface area contributed by atoms with E-state index < -0.39 is 5.97 Å². The molecule has 5 nitrogen and oxygen atoms in total. The molecule has 1 aliphatic rings. The molecule has 0 aromatic heterocycles. The zero-order valence-corrected chi connectivity index (χ0v) is 13.7. The van der Waals surface area contributed by atoms with E-state index in [4.69, 9.17) is 14.7 Å². The second-order valence-electron chi connectivity index (χ2n) is 5.85. The van der Waals surface area contributed by atoms with Gasteiger partial charge in [0.1, 0.15) is 11.9 Å². The number of benzene rings is 1. The SMILES string of the molecule is CCCCCCCOc1ccc(C2=NOC(CC(=O)O)C2)cc1. The summed E-state index contributed by atoms with van der Waals surface area (Å²) in [5.41, 5.74) is 1.75. The number of carboxylic acid groups (broad SMARTS) is 1. The van der Waals surface area contributed by atoms with Crippen LogP contribution in [0.2, 0.25) is 0 Å². The first-order valence-corrected chi connectivity index (χ1v) is 8.36. The van der Waals surface area contributed by atoms with Gasteiger partial charge in [0.15, 0.2) is 0 Å². The van der Waals surface area contributed by atoms with Gasteiger partial charge < -0.3 is 14.7 Å². The Bertz CT molecular complexity index is 524. The number of oxime groups is 1. The van der Waals surface area contributed by atoms with Gasteiger partial charge in [0.25, 0.3) is 0 Å². The highest BCUT2D eigenvalue weighted by Crippen LogP contribution is 2.21. The van der Waals surface area contributed by atoms with E-state index in [1.165, 1.54) is 25.7 Å². The Hall–Kier alpha value is -2.04. The second kappa shape index (κ2) is 9.18. The normalized spacial score (nSPS) is 16.7. The molecule has 0 radical (unpaired) electrons. The zero-order chi connectivity index (χ0) is 16.5.